The number of fused-ring (bicyclic) bond motifs is 1. The van der Waals surface area contributed by atoms with Crippen molar-refractivity contribution in [3.05, 3.63) is 119 Å². The van der Waals surface area contributed by atoms with Crippen LogP contribution in [0.2, 0.25) is 0 Å². The molecule has 1 unspecified atom stereocenters. The van der Waals surface area contributed by atoms with E-state index in [0.29, 0.717) is 33.8 Å². The maximum Gasteiger partial charge on any atom is 0.416 e. The summed E-state index contributed by atoms with van der Waals surface area (Å²) >= 11 is 0. The molecule has 1 atom stereocenters. The van der Waals surface area contributed by atoms with E-state index in [2.05, 4.69) is 11.9 Å². The van der Waals surface area contributed by atoms with Gasteiger partial charge in [-0.05, 0) is 65.1 Å². The fourth-order valence-corrected chi connectivity index (χ4v) is 5.87. The Bertz CT molecular complexity index is 1670. The molecule has 2 aromatic carbocycles. The highest BCUT2D eigenvalue weighted by atomic mass is 19.4. The van der Waals surface area contributed by atoms with Crippen molar-refractivity contribution >= 4 is 23.3 Å². The maximum atomic E-state index is 13.6. The molecule has 12 heteroatoms. The van der Waals surface area contributed by atoms with Crippen molar-refractivity contribution in [2.24, 2.45) is 5.92 Å². The summed E-state index contributed by atoms with van der Waals surface area (Å²) in [6.07, 6.45) is 2.28. The first-order valence-electron chi connectivity index (χ1n) is 15.5. The number of rotatable bonds is 14. The van der Waals surface area contributed by atoms with Crippen LogP contribution in [-0.4, -0.2) is 35.2 Å². The molecule has 2 aromatic rings. The zero-order valence-electron chi connectivity index (χ0n) is 27.6. The molecule has 0 bridgehead atoms. The van der Waals surface area contributed by atoms with Gasteiger partial charge in [0.1, 0.15) is 0 Å². The van der Waals surface area contributed by atoms with Crippen molar-refractivity contribution in [3.63, 3.8) is 0 Å². The summed E-state index contributed by atoms with van der Waals surface area (Å²) in [7, 11) is 0. The van der Waals surface area contributed by atoms with Crippen molar-refractivity contribution in [3.8, 4) is 0 Å². The lowest BCUT2D eigenvalue weighted by atomic mass is 9.81. The number of nitrogens with one attached hydrogen (secondary N) is 1. The Balaban J connectivity index is 1.84. The van der Waals surface area contributed by atoms with Gasteiger partial charge in [-0.15, -0.1) is 0 Å². The molecular weight excluding hydrogens is 650 g/mol. The molecule has 49 heavy (non-hydrogen) atoms. The number of carboxylic acid groups (broad SMARTS) is 2. The Labute approximate surface area is 281 Å². The summed E-state index contributed by atoms with van der Waals surface area (Å²) in [4.78, 5) is 24.0. The number of carboxylic acids is 2. The van der Waals surface area contributed by atoms with E-state index in [0.717, 1.165) is 24.3 Å². The summed E-state index contributed by atoms with van der Waals surface area (Å²) in [5, 5.41) is 21.2. The van der Waals surface area contributed by atoms with Crippen LogP contribution < -0.4 is 10.2 Å². The highest BCUT2D eigenvalue weighted by Crippen LogP contribution is 2.49. The molecule has 0 amide bonds. The Morgan fingerprint density at radius 1 is 0.878 bits per heavy atom. The standard InChI is InChI=1S/C37H40F6N2O4/c1-23(2)34(27-21-25(36(38,39)40)13-15-29(27)44-19-17-32(46)47)24(3)11-9-7-6-8-10-12-31-35(4,5)28-22-26(37(41,42)43)14-16-30(28)45(31)20-18-33(48)49/h6-16,21-23,34,44H,3,17-20H2,1-2,4-5H3,(H,46,47)(H,48,49)/b7-6+,10-8+,11-9+,31-12+. The molecule has 6 nitrogen and oxygen atoms in total. The molecule has 0 radical (unpaired) electrons. The molecule has 264 valence electrons. The van der Waals surface area contributed by atoms with Crippen LogP contribution in [0.15, 0.2) is 96.8 Å². The minimum atomic E-state index is -4.58. The molecule has 3 rings (SSSR count). The van der Waals surface area contributed by atoms with E-state index < -0.39 is 46.8 Å². The molecule has 3 N–H and O–H groups in total. The number of anilines is 2. The zero-order chi connectivity index (χ0) is 36.7. The van der Waals surface area contributed by atoms with Crippen molar-refractivity contribution < 1.29 is 46.1 Å². The van der Waals surface area contributed by atoms with Gasteiger partial charge in [0.05, 0.1) is 24.0 Å². The second-order valence-electron chi connectivity index (χ2n) is 12.5. The van der Waals surface area contributed by atoms with Crippen LogP contribution in [0.4, 0.5) is 37.7 Å². The fourth-order valence-electron chi connectivity index (χ4n) is 5.87. The highest BCUT2D eigenvalue weighted by Gasteiger charge is 2.42. The Morgan fingerprint density at radius 3 is 2.04 bits per heavy atom. The second kappa shape index (κ2) is 15.7. The first-order valence-corrected chi connectivity index (χ1v) is 15.5. The summed E-state index contributed by atoms with van der Waals surface area (Å²) in [5.74, 6) is -2.77. The fraction of sp³-hybridized carbons (Fsp3) is 0.351. The lowest BCUT2D eigenvalue weighted by Crippen LogP contribution is -2.28. The van der Waals surface area contributed by atoms with Crippen LogP contribution in [0.5, 0.6) is 0 Å². The minimum absolute atomic E-state index is 0.0290. The number of carbonyl (C=O) groups is 2. The van der Waals surface area contributed by atoms with Gasteiger partial charge in [0.15, 0.2) is 0 Å². The molecule has 0 saturated carbocycles. The lowest BCUT2D eigenvalue weighted by molar-refractivity contribution is -0.138. The zero-order valence-corrected chi connectivity index (χ0v) is 27.6. The average Bonchev–Trinajstić information content (AvgIpc) is 3.19. The molecule has 0 saturated heterocycles. The number of alkyl halides is 6. The monoisotopic (exact) mass is 690 g/mol. The topological polar surface area (TPSA) is 89.9 Å². The number of nitrogens with zero attached hydrogens (tertiary/aromatic N) is 1. The van der Waals surface area contributed by atoms with E-state index in [-0.39, 0.29) is 31.8 Å². The van der Waals surface area contributed by atoms with Crippen LogP contribution >= 0.6 is 0 Å². The predicted molar refractivity (Wildman–Crippen MR) is 178 cm³/mol. The number of hydrogen-bond acceptors (Lipinski definition) is 4. The third-order valence-electron chi connectivity index (χ3n) is 8.21. The number of aliphatic carboxylic acids is 2. The molecular formula is C37H40F6N2O4. The van der Waals surface area contributed by atoms with Gasteiger partial charge in [-0.2, -0.15) is 26.3 Å². The van der Waals surface area contributed by atoms with Crippen molar-refractivity contribution in [2.75, 3.05) is 23.3 Å². The molecule has 0 aliphatic carbocycles. The van der Waals surface area contributed by atoms with E-state index in [1.54, 1.807) is 61.3 Å². The highest BCUT2D eigenvalue weighted by molar-refractivity contribution is 5.74. The van der Waals surface area contributed by atoms with E-state index in [9.17, 15) is 41.0 Å². The van der Waals surface area contributed by atoms with E-state index in [1.807, 2.05) is 13.8 Å². The van der Waals surface area contributed by atoms with Crippen molar-refractivity contribution in [1.82, 2.24) is 0 Å². The average molecular weight is 691 g/mol. The SMILES string of the molecule is C=C(/C=C/C=C/C=C/C=C1/N(CCC(=O)O)c2ccc(C(F)(F)F)cc2C1(C)C)C(c1cc(C(F)(F)F)ccc1NCCC(=O)O)C(C)C. The molecule has 0 fully saturated rings. The van der Waals surface area contributed by atoms with Gasteiger partial charge < -0.3 is 20.4 Å². The Morgan fingerprint density at radius 2 is 1.45 bits per heavy atom. The van der Waals surface area contributed by atoms with Crippen LogP contribution in [0.3, 0.4) is 0 Å². The summed E-state index contributed by atoms with van der Waals surface area (Å²) < 4.78 is 81.3. The largest absolute Gasteiger partial charge is 0.481 e. The molecule has 1 aliphatic rings. The predicted octanol–water partition coefficient (Wildman–Crippen LogP) is 9.73. The molecule has 1 aliphatic heterocycles. The quantitative estimate of drug-likeness (QED) is 0.135. The van der Waals surface area contributed by atoms with Gasteiger partial charge in [-0.3, -0.25) is 9.59 Å². The molecule has 1 heterocycles. The summed E-state index contributed by atoms with van der Waals surface area (Å²) in [6.45, 7) is 11.5. The van der Waals surface area contributed by atoms with Crippen LogP contribution in [0, 0.1) is 5.92 Å². The molecule has 0 aromatic heterocycles. The van der Waals surface area contributed by atoms with Gasteiger partial charge >= 0.3 is 24.3 Å². The number of halogens is 6. The Kier molecular flexibility index (Phi) is 12.4. The van der Waals surface area contributed by atoms with Crippen LogP contribution in [-0.2, 0) is 27.4 Å². The van der Waals surface area contributed by atoms with Gasteiger partial charge in [0, 0.05) is 41.5 Å². The second-order valence-corrected chi connectivity index (χ2v) is 12.5. The van der Waals surface area contributed by atoms with Gasteiger partial charge in [-0.1, -0.05) is 70.7 Å². The lowest BCUT2D eigenvalue weighted by Gasteiger charge is -2.26. The van der Waals surface area contributed by atoms with Gasteiger partial charge in [-0.25, -0.2) is 0 Å². The van der Waals surface area contributed by atoms with E-state index in [4.69, 9.17) is 5.11 Å². The van der Waals surface area contributed by atoms with E-state index in [1.165, 1.54) is 12.1 Å². The Hall–Kier alpha value is -4.74. The summed E-state index contributed by atoms with van der Waals surface area (Å²) in [5.41, 5.74) is 0.370. The first-order chi connectivity index (χ1) is 22.7. The number of hydrogen-bond donors (Lipinski definition) is 3. The third kappa shape index (κ3) is 9.90. The van der Waals surface area contributed by atoms with Crippen molar-refractivity contribution in [1.29, 1.82) is 0 Å². The smallest absolute Gasteiger partial charge is 0.416 e. The van der Waals surface area contributed by atoms with Gasteiger partial charge in [0.25, 0.3) is 0 Å². The van der Waals surface area contributed by atoms with Crippen molar-refractivity contribution in [2.45, 2.75) is 64.2 Å². The number of allylic oxidation sites excluding steroid dienone is 9. The third-order valence-corrected chi connectivity index (χ3v) is 8.21. The normalized spacial score (nSPS) is 16.3. The molecule has 0 spiro atoms. The minimum Gasteiger partial charge on any atom is -0.481 e. The van der Waals surface area contributed by atoms with Gasteiger partial charge in [0.2, 0.25) is 0 Å². The maximum absolute atomic E-state index is 13.6. The summed E-state index contributed by atoms with van der Waals surface area (Å²) in [6, 6.07) is 6.76. The van der Waals surface area contributed by atoms with E-state index >= 15 is 0 Å². The van der Waals surface area contributed by atoms with Crippen LogP contribution in [0.25, 0.3) is 0 Å². The van der Waals surface area contributed by atoms with Crippen LogP contribution in [0.1, 0.15) is 68.7 Å². The number of benzene rings is 2. The first kappa shape index (κ1) is 38.7.